The number of hydrogen-bond donors (Lipinski definition) is 0. The predicted octanol–water partition coefficient (Wildman–Crippen LogP) is 6.70. The van der Waals surface area contributed by atoms with Gasteiger partial charge < -0.3 is 4.90 Å². The molecule has 0 saturated heterocycles. The van der Waals surface area contributed by atoms with Crippen LogP contribution in [0.5, 0.6) is 0 Å². The smallest absolute Gasteiger partial charge is 0.160 e. The number of benzene rings is 3. The fourth-order valence-corrected chi connectivity index (χ4v) is 5.74. The minimum Gasteiger partial charge on any atom is -0.352 e. The standard InChI is InChI=1S/C30H27ClN4/c1-21(2)34-19-18-25-28-26(20-27(31)32-25)35(33-29(28)34)30(22-12-6-3-7-13-22,23-14-8-4-9-15-23)24-16-10-5-11-17-24/h3-17,20-21H,18-19H2,1-2H3. The number of halogens is 1. The molecule has 174 valence electrons. The molecule has 3 heterocycles. The molecule has 35 heavy (non-hydrogen) atoms. The Morgan fingerprint density at radius 3 is 1.80 bits per heavy atom. The van der Waals surface area contributed by atoms with E-state index in [9.17, 15) is 0 Å². The van der Waals surface area contributed by atoms with Crippen molar-refractivity contribution in [1.82, 2.24) is 14.8 Å². The maximum Gasteiger partial charge on any atom is 0.160 e. The Morgan fingerprint density at radius 1 is 0.800 bits per heavy atom. The number of pyridine rings is 1. The van der Waals surface area contributed by atoms with Crippen molar-refractivity contribution >= 4 is 28.3 Å². The van der Waals surface area contributed by atoms with E-state index in [0.29, 0.717) is 11.2 Å². The molecule has 0 fully saturated rings. The summed E-state index contributed by atoms with van der Waals surface area (Å²) in [6.45, 7) is 5.31. The van der Waals surface area contributed by atoms with E-state index < -0.39 is 5.54 Å². The molecular weight excluding hydrogens is 452 g/mol. The summed E-state index contributed by atoms with van der Waals surface area (Å²) >= 11 is 6.63. The van der Waals surface area contributed by atoms with Crippen molar-refractivity contribution in [1.29, 1.82) is 0 Å². The van der Waals surface area contributed by atoms with E-state index in [1.807, 2.05) is 6.07 Å². The van der Waals surface area contributed by atoms with Gasteiger partial charge in [0.25, 0.3) is 0 Å². The zero-order chi connectivity index (χ0) is 24.0. The first-order valence-electron chi connectivity index (χ1n) is 12.1. The van der Waals surface area contributed by atoms with E-state index in [2.05, 4.69) is 114 Å². The molecule has 0 radical (unpaired) electrons. The average molecular weight is 479 g/mol. The second kappa shape index (κ2) is 8.54. The Balaban J connectivity index is 1.81. The van der Waals surface area contributed by atoms with Gasteiger partial charge in [0.1, 0.15) is 10.7 Å². The summed E-state index contributed by atoms with van der Waals surface area (Å²) in [5.41, 5.74) is 4.73. The maximum absolute atomic E-state index is 6.63. The van der Waals surface area contributed by atoms with Gasteiger partial charge in [-0.2, -0.15) is 5.10 Å². The van der Waals surface area contributed by atoms with Gasteiger partial charge in [0, 0.05) is 25.1 Å². The van der Waals surface area contributed by atoms with Gasteiger partial charge in [-0.1, -0.05) is 103 Å². The molecule has 0 bridgehead atoms. The molecule has 0 spiro atoms. The number of nitrogens with zero attached hydrogens (tertiary/aromatic N) is 4. The van der Waals surface area contributed by atoms with Crippen LogP contribution in [0.4, 0.5) is 5.82 Å². The lowest BCUT2D eigenvalue weighted by molar-refractivity contribution is 0.473. The van der Waals surface area contributed by atoms with Crippen molar-refractivity contribution in [3.8, 4) is 0 Å². The molecule has 1 aliphatic heterocycles. The van der Waals surface area contributed by atoms with Crippen molar-refractivity contribution < 1.29 is 0 Å². The van der Waals surface area contributed by atoms with Gasteiger partial charge in [-0.05, 0) is 30.5 Å². The number of aromatic nitrogens is 3. The van der Waals surface area contributed by atoms with Crippen LogP contribution in [0.2, 0.25) is 5.15 Å². The molecule has 0 aliphatic carbocycles. The Morgan fingerprint density at radius 2 is 1.31 bits per heavy atom. The van der Waals surface area contributed by atoms with Crippen molar-refractivity contribution in [3.05, 3.63) is 125 Å². The highest BCUT2D eigenvalue weighted by atomic mass is 35.5. The molecule has 6 rings (SSSR count). The van der Waals surface area contributed by atoms with Gasteiger partial charge in [-0.15, -0.1) is 0 Å². The van der Waals surface area contributed by atoms with Crippen LogP contribution in [0.3, 0.4) is 0 Å². The lowest BCUT2D eigenvalue weighted by atomic mass is 9.77. The van der Waals surface area contributed by atoms with Gasteiger partial charge in [0.05, 0.1) is 16.6 Å². The summed E-state index contributed by atoms with van der Waals surface area (Å²) < 4.78 is 2.19. The third-order valence-electron chi connectivity index (χ3n) is 7.07. The van der Waals surface area contributed by atoms with E-state index in [4.69, 9.17) is 21.7 Å². The van der Waals surface area contributed by atoms with Gasteiger partial charge in [-0.3, -0.25) is 0 Å². The normalized spacial score (nSPS) is 13.5. The number of rotatable bonds is 5. The highest BCUT2D eigenvalue weighted by Crippen LogP contribution is 2.45. The van der Waals surface area contributed by atoms with E-state index in [0.717, 1.165) is 52.1 Å². The molecule has 1 aliphatic rings. The van der Waals surface area contributed by atoms with E-state index >= 15 is 0 Å². The quantitative estimate of drug-likeness (QED) is 0.208. The van der Waals surface area contributed by atoms with Crippen molar-refractivity contribution in [2.75, 3.05) is 11.4 Å². The third-order valence-corrected chi connectivity index (χ3v) is 7.26. The summed E-state index contributed by atoms with van der Waals surface area (Å²) in [6, 6.07) is 34.2. The molecule has 4 nitrogen and oxygen atoms in total. The summed E-state index contributed by atoms with van der Waals surface area (Å²) in [5.74, 6) is 0.979. The first-order chi connectivity index (χ1) is 17.1. The second-order valence-corrected chi connectivity index (χ2v) is 9.75. The SMILES string of the molecule is CC(C)N1CCc2nc(Cl)cc3c2c1nn3C(c1ccccc1)(c1ccccc1)c1ccccc1. The molecule has 0 atom stereocenters. The highest BCUT2D eigenvalue weighted by Gasteiger charge is 2.42. The zero-order valence-corrected chi connectivity index (χ0v) is 20.7. The summed E-state index contributed by atoms with van der Waals surface area (Å²) in [5, 5.41) is 7.01. The van der Waals surface area contributed by atoms with Crippen LogP contribution in [-0.2, 0) is 12.0 Å². The summed E-state index contributed by atoms with van der Waals surface area (Å²) in [7, 11) is 0. The van der Waals surface area contributed by atoms with Gasteiger partial charge in [0.15, 0.2) is 5.82 Å². The topological polar surface area (TPSA) is 34.0 Å². The Bertz CT molecular complexity index is 1380. The lowest BCUT2D eigenvalue weighted by Gasteiger charge is -2.37. The van der Waals surface area contributed by atoms with Crippen molar-refractivity contribution in [2.45, 2.75) is 31.8 Å². The van der Waals surface area contributed by atoms with Crippen LogP contribution < -0.4 is 4.90 Å². The van der Waals surface area contributed by atoms with E-state index in [1.54, 1.807) is 0 Å². The molecule has 0 amide bonds. The van der Waals surface area contributed by atoms with Gasteiger partial charge in [-0.25, -0.2) is 9.67 Å². The molecule has 3 aromatic carbocycles. The van der Waals surface area contributed by atoms with Crippen LogP contribution in [0, 0.1) is 0 Å². The first kappa shape index (κ1) is 21.9. The third kappa shape index (κ3) is 3.35. The van der Waals surface area contributed by atoms with Crippen LogP contribution in [0.1, 0.15) is 36.2 Å². The fourth-order valence-electron chi connectivity index (χ4n) is 5.54. The lowest BCUT2D eigenvalue weighted by Crippen LogP contribution is -2.39. The zero-order valence-electron chi connectivity index (χ0n) is 19.9. The van der Waals surface area contributed by atoms with Crippen LogP contribution in [-0.4, -0.2) is 27.4 Å². The largest absolute Gasteiger partial charge is 0.352 e. The van der Waals surface area contributed by atoms with E-state index in [-0.39, 0.29) is 0 Å². The monoisotopic (exact) mass is 478 g/mol. The van der Waals surface area contributed by atoms with Crippen molar-refractivity contribution in [2.24, 2.45) is 0 Å². The van der Waals surface area contributed by atoms with Crippen LogP contribution in [0.15, 0.2) is 97.1 Å². The number of anilines is 1. The van der Waals surface area contributed by atoms with Gasteiger partial charge >= 0.3 is 0 Å². The van der Waals surface area contributed by atoms with Gasteiger partial charge in [0.2, 0.25) is 0 Å². The fraction of sp³-hybridized carbons (Fsp3) is 0.200. The summed E-state index contributed by atoms with van der Waals surface area (Å²) in [4.78, 5) is 7.11. The minimum atomic E-state index is -0.699. The molecule has 0 unspecified atom stereocenters. The van der Waals surface area contributed by atoms with E-state index in [1.165, 1.54) is 0 Å². The Labute approximate surface area is 210 Å². The van der Waals surface area contributed by atoms with Crippen LogP contribution >= 0.6 is 11.6 Å². The Kier molecular flexibility index (Phi) is 5.34. The molecular formula is C30H27ClN4. The predicted molar refractivity (Wildman–Crippen MR) is 143 cm³/mol. The second-order valence-electron chi connectivity index (χ2n) is 9.37. The molecule has 0 N–H and O–H groups in total. The summed E-state index contributed by atoms with van der Waals surface area (Å²) in [6.07, 6.45) is 0.850. The molecule has 5 aromatic rings. The minimum absolute atomic E-state index is 0.324. The van der Waals surface area contributed by atoms with Crippen molar-refractivity contribution in [3.63, 3.8) is 0 Å². The highest BCUT2D eigenvalue weighted by molar-refractivity contribution is 6.30. The molecule has 5 heteroatoms. The van der Waals surface area contributed by atoms with Crippen LogP contribution in [0.25, 0.3) is 10.9 Å². The Hall–Kier alpha value is -3.63. The molecule has 0 saturated carbocycles. The molecule has 2 aromatic heterocycles. The number of hydrogen-bond acceptors (Lipinski definition) is 3. The first-order valence-corrected chi connectivity index (χ1v) is 12.5. The maximum atomic E-state index is 6.63. The average Bonchev–Trinajstić information content (AvgIpc) is 3.26.